The number of carbonyl (C=O) groups excluding carboxylic acids is 1. The highest BCUT2D eigenvalue weighted by Crippen LogP contribution is 2.09. The summed E-state index contributed by atoms with van der Waals surface area (Å²) >= 11 is 5.59. The number of hydrogen-bond acceptors (Lipinski definition) is 3. The monoisotopic (exact) mass is 214 g/mol. The third kappa shape index (κ3) is 3.72. The van der Waals surface area contributed by atoms with E-state index in [0.29, 0.717) is 23.9 Å². The van der Waals surface area contributed by atoms with Gasteiger partial charge in [-0.05, 0) is 12.1 Å². The second kappa shape index (κ2) is 5.57. The smallest absolute Gasteiger partial charge is 0.226 e. The van der Waals surface area contributed by atoms with Gasteiger partial charge >= 0.3 is 0 Å². The van der Waals surface area contributed by atoms with Gasteiger partial charge < -0.3 is 10.1 Å². The molecule has 0 aliphatic heterocycles. The van der Waals surface area contributed by atoms with Crippen molar-refractivity contribution in [3.8, 4) is 0 Å². The highest BCUT2D eigenvalue weighted by atomic mass is 35.5. The number of rotatable bonds is 4. The summed E-state index contributed by atoms with van der Waals surface area (Å²) in [5, 5.41) is 3.07. The summed E-state index contributed by atoms with van der Waals surface area (Å²) < 4.78 is 4.77. The van der Waals surface area contributed by atoms with Crippen LogP contribution in [-0.2, 0) is 9.53 Å². The molecule has 1 aromatic heterocycles. The Bertz CT molecular complexity index is 300. The molecule has 0 atom stereocenters. The Morgan fingerprint density at radius 3 is 3.00 bits per heavy atom. The van der Waals surface area contributed by atoms with Gasteiger partial charge in [0.25, 0.3) is 0 Å². The van der Waals surface area contributed by atoms with E-state index >= 15 is 0 Å². The number of anilines is 1. The molecule has 1 heterocycles. The van der Waals surface area contributed by atoms with Crippen LogP contribution in [0.25, 0.3) is 0 Å². The van der Waals surface area contributed by atoms with E-state index in [-0.39, 0.29) is 5.91 Å². The van der Waals surface area contributed by atoms with Crippen molar-refractivity contribution >= 4 is 23.2 Å². The molecule has 0 radical (unpaired) electrons. The van der Waals surface area contributed by atoms with Gasteiger partial charge in [-0.15, -0.1) is 0 Å². The molecule has 0 aliphatic carbocycles. The van der Waals surface area contributed by atoms with Crippen LogP contribution in [0.1, 0.15) is 6.42 Å². The van der Waals surface area contributed by atoms with Crippen molar-refractivity contribution < 1.29 is 9.53 Å². The van der Waals surface area contributed by atoms with Crippen molar-refractivity contribution in [2.75, 3.05) is 19.0 Å². The molecule has 0 bridgehead atoms. The van der Waals surface area contributed by atoms with E-state index in [1.165, 1.54) is 6.20 Å². The SMILES string of the molecule is COCCC(=O)Nc1ccc(Cl)nc1. The predicted molar refractivity (Wildman–Crippen MR) is 54.4 cm³/mol. The number of nitrogens with one attached hydrogen (secondary N) is 1. The van der Waals surface area contributed by atoms with Gasteiger partial charge in [0, 0.05) is 7.11 Å². The minimum Gasteiger partial charge on any atom is -0.384 e. The molecular formula is C9H11ClN2O2. The lowest BCUT2D eigenvalue weighted by molar-refractivity contribution is -0.117. The minimum absolute atomic E-state index is 0.101. The van der Waals surface area contributed by atoms with Crippen LogP contribution in [0.2, 0.25) is 5.15 Å². The summed E-state index contributed by atoms with van der Waals surface area (Å²) in [6.07, 6.45) is 1.84. The minimum atomic E-state index is -0.101. The van der Waals surface area contributed by atoms with Crippen molar-refractivity contribution in [3.05, 3.63) is 23.5 Å². The molecule has 1 rings (SSSR count). The quantitative estimate of drug-likeness (QED) is 0.777. The normalized spacial score (nSPS) is 9.86. The average Bonchev–Trinajstić information content (AvgIpc) is 2.18. The van der Waals surface area contributed by atoms with Crippen LogP contribution in [0.15, 0.2) is 18.3 Å². The van der Waals surface area contributed by atoms with Crippen molar-refractivity contribution in [1.82, 2.24) is 4.98 Å². The second-order valence-corrected chi connectivity index (χ2v) is 3.05. The summed E-state index contributed by atoms with van der Waals surface area (Å²) in [5.74, 6) is -0.101. The van der Waals surface area contributed by atoms with Gasteiger partial charge in [-0.25, -0.2) is 4.98 Å². The first-order valence-corrected chi connectivity index (χ1v) is 4.50. The van der Waals surface area contributed by atoms with Crippen molar-refractivity contribution in [2.45, 2.75) is 6.42 Å². The number of hydrogen-bond donors (Lipinski definition) is 1. The standard InChI is InChI=1S/C9H11ClN2O2/c1-14-5-4-9(13)12-7-2-3-8(10)11-6-7/h2-3,6H,4-5H2,1H3,(H,12,13). The molecule has 0 saturated carbocycles. The number of pyridine rings is 1. The average molecular weight is 215 g/mol. The molecule has 1 amide bonds. The topological polar surface area (TPSA) is 51.2 Å². The number of methoxy groups -OCH3 is 1. The summed E-state index contributed by atoms with van der Waals surface area (Å²) in [6.45, 7) is 0.410. The van der Waals surface area contributed by atoms with E-state index < -0.39 is 0 Å². The van der Waals surface area contributed by atoms with E-state index in [4.69, 9.17) is 16.3 Å². The lowest BCUT2D eigenvalue weighted by Crippen LogP contribution is -2.13. The van der Waals surface area contributed by atoms with Gasteiger partial charge in [0.2, 0.25) is 5.91 Å². The molecule has 0 unspecified atom stereocenters. The Morgan fingerprint density at radius 2 is 2.43 bits per heavy atom. The number of amides is 1. The van der Waals surface area contributed by atoms with Crippen LogP contribution in [-0.4, -0.2) is 24.6 Å². The third-order valence-corrected chi connectivity index (χ3v) is 1.77. The van der Waals surface area contributed by atoms with Gasteiger partial charge in [-0.3, -0.25) is 4.79 Å². The molecule has 76 valence electrons. The molecule has 5 heteroatoms. The molecule has 0 fully saturated rings. The largest absolute Gasteiger partial charge is 0.384 e. The molecule has 0 spiro atoms. The van der Waals surface area contributed by atoms with E-state index in [9.17, 15) is 4.79 Å². The molecule has 1 aromatic rings. The van der Waals surface area contributed by atoms with Crippen LogP contribution in [0.3, 0.4) is 0 Å². The first kappa shape index (κ1) is 10.9. The van der Waals surface area contributed by atoms with Crippen molar-refractivity contribution in [2.24, 2.45) is 0 Å². The number of carbonyl (C=O) groups is 1. The maximum absolute atomic E-state index is 11.2. The zero-order chi connectivity index (χ0) is 10.4. The number of halogens is 1. The van der Waals surface area contributed by atoms with E-state index in [1.54, 1.807) is 19.2 Å². The summed E-state index contributed by atoms with van der Waals surface area (Å²) in [4.78, 5) is 15.0. The lowest BCUT2D eigenvalue weighted by Gasteiger charge is -2.03. The van der Waals surface area contributed by atoms with Crippen LogP contribution in [0.4, 0.5) is 5.69 Å². The molecule has 0 saturated heterocycles. The molecule has 0 aromatic carbocycles. The molecule has 14 heavy (non-hydrogen) atoms. The predicted octanol–water partition coefficient (Wildman–Crippen LogP) is 1.71. The van der Waals surface area contributed by atoms with Crippen LogP contribution in [0, 0.1) is 0 Å². The van der Waals surface area contributed by atoms with E-state index in [0.717, 1.165) is 0 Å². The Kier molecular flexibility index (Phi) is 4.35. The highest BCUT2D eigenvalue weighted by molar-refractivity contribution is 6.29. The summed E-state index contributed by atoms with van der Waals surface area (Å²) in [7, 11) is 1.55. The van der Waals surface area contributed by atoms with Gasteiger partial charge in [0.15, 0.2) is 0 Å². The first-order chi connectivity index (χ1) is 6.72. The van der Waals surface area contributed by atoms with E-state index in [1.807, 2.05) is 0 Å². The third-order valence-electron chi connectivity index (χ3n) is 1.54. The zero-order valence-corrected chi connectivity index (χ0v) is 8.54. The molecule has 4 nitrogen and oxygen atoms in total. The first-order valence-electron chi connectivity index (χ1n) is 4.12. The highest BCUT2D eigenvalue weighted by Gasteiger charge is 2.01. The van der Waals surface area contributed by atoms with Gasteiger partial charge in [0.1, 0.15) is 5.15 Å². The lowest BCUT2D eigenvalue weighted by atomic mass is 10.3. The van der Waals surface area contributed by atoms with Crippen molar-refractivity contribution in [3.63, 3.8) is 0 Å². The Morgan fingerprint density at radius 1 is 1.64 bits per heavy atom. The fourth-order valence-corrected chi connectivity index (χ4v) is 0.980. The van der Waals surface area contributed by atoms with E-state index in [2.05, 4.69) is 10.3 Å². The Balaban J connectivity index is 2.44. The Labute approximate surface area is 87.2 Å². The Hall–Kier alpha value is -1.13. The maximum atomic E-state index is 11.2. The molecule has 0 aliphatic rings. The maximum Gasteiger partial charge on any atom is 0.226 e. The second-order valence-electron chi connectivity index (χ2n) is 2.66. The van der Waals surface area contributed by atoms with Crippen molar-refractivity contribution in [1.29, 1.82) is 0 Å². The molecule has 1 N–H and O–H groups in total. The van der Waals surface area contributed by atoms with Gasteiger partial charge in [-0.2, -0.15) is 0 Å². The zero-order valence-electron chi connectivity index (χ0n) is 7.79. The van der Waals surface area contributed by atoms with Gasteiger partial charge in [-0.1, -0.05) is 11.6 Å². The van der Waals surface area contributed by atoms with Crippen LogP contribution >= 0.6 is 11.6 Å². The fraction of sp³-hybridized carbons (Fsp3) is 0.333. The fourth-order valence-electron chi connectivity index (χ4n) is 0.868. The number of nitrogens with zero attached hydrogens (tertiary/aromatic N) is 1. The number of ether oxygens (including phenoxy) is 1. The molecular weight excluding hydrogens is 204 g/mol. The van der Waals surface area contributed by atoms with Crippen LogP contribution < -0.4 is 5.32 Å². The van der Waals surface area contributed by atoms with Crippen LogP contribution in [0.5, 0.6) is 0 Å². The van der Waals surface area contributed by atoms with Gasteiger partial charge in [0.05, 0.1) is 24.9 Å². The number of aromatic nitrogens is 1. The summed E-state index contributed by atoms with van der Waals surface area (Å²) in [6, 6.07) is 3.31. The summed E-state index contributed by atoms with van der Waals surface area (Å²) in [5.41, 5.74) is 0.635.